The molecule has 5 aromatic carbocycles. The number of para-hydroxylation sites is 4. The van der Waals surface area contributed by atoms with Crippen molar-refractivity contribution in [2.45, 2.75) is 26.7 Å². The van der Waals surface area contributed by atoms with E-state index in [0.29, 0.717) is 12.8 Å². The van der Waals surface area contributed by atoms with E-state index in [0.717, 1.165) is 67.4 Å². The van der Waals surface area contributed by atoms with Crippen LogP contribution in [0.3, 0.4) is 0 Å². The molecule has 0 aliphatic carbocycles. The van der Waals surface area contributed by atoms with Crippen molar-refractivity contribution in [2.24, 2.45) is 20.4 Å². The molecule has 0 radical (unpaired) electrons. The topological polar surface area (TPSA) is 59.3 Å². The summed E-state index contributed by atoms with van der Waals surface area (Å²) in [5.41, 5.74) is 12.8. The SMILES string of the molecule is CC1=NN=C(c2cc(-n3c4ccccc4c4ccccc43)c(-n3c4ccccc4c4ccccc43)cc2C2=NN=C(C)C2)C1. The van der Waals surface area contributed by atoms with E-state index in [1.54, 1.807) is 0 Å². The molecular weight excluding hydrogens is 540 g/mol. The summed E-state index contributed by atoms with van der Waals surface area (Å²) in [5, 5.41) is 23.1. The quantitative estimate of drug-likeness (QED) is 0.203. The maximum absolute atomic E-state index is 4.67. The Bertz CT molecular complexity index is 2190. The second kappa shape index (κ2) is 9.44. The molecule has 210 valence electrons. The fourth-order valence-corrected chi connectivity index (χ4v) is 6.99. The highest BCUT2D eigenvalue weighted by Gasteiger charge is 2.26. The highest BCUT2D eigenvalue weighted by Crippen LogP contribution is 2.40. The summed E-state index contributed by atoms with van der Waals surface area (Å²) in [6, 6.07) is 39.4. The first-order valence-electron chi connectivity index (χ1n) is 15.0. The van der Waals surface area contributed by atoms with E-state index >= 15 is 0 Å². The van der Waals surface area contributed by atoms with Gasteiger partial charge < -0.3 is 9.13 Å². The number of benzene rings is 5. The predicted molar refractivity (Wildman–Crippen MR) is 184 cm³/mol. The van der Waals surface area contributed by atoms with Crippen molar-refractivity contribution in [3.63, 3.8) is 0 Å². The molecule has 9 rings (SSSR count). The van der Waals surface area contributed by atoms with E-state index in [9.17, 15) is 0 Å². The number of rotatable bonds is 4. The van der Waals surface area contributed by atoms with Crippen LogP contribution in [0.25, 0.3) is 55.0 Å². The van der Waals surface area contributed by atoms with Crippen molar-refractivity contribution >= 4 is 66.5 Å². The lowest BCUT2D eigenvalue weighted by atomic mass is 9.93. The molecule has 6 nitrogen and oxygen atoms in total. The number of nitrogens with zero attached hydrogens (tertiary/aromatic N) is 6. The average Bonchev–Trinajstić information content (AvgIpc) is 3.84. The zero-order valence-corrected chi connectivity index (χ0v) is 24.5. The fourth-order valence-electron chi connectivity index (χ4n) is 6.99. The van der Waals surface area contributed by atoms with E-state index in [2.05, 4.69) is 139 Å². The van der Waals surface area contributed by atoms with Crippen molar-refractivity contribution in [3.05, 3.63) is 120 Å². The van der Waals surface area contributed by atoms with Gasteiger partial charge in [-0.3, -0.25) is 0 Å². The lowest BCUT2D eigenvalue weighted by molar-refractivity contribution is 1.09. The van der Waals surface area contributed by atoms with Crippen LogP contribution in [0.4, 0.5) is 0 Å². The summed E-state index contributed by atoms with van der Waals surface area (Å²) in [7, 11) is 0. The van der Waals surface area contributed by atoms with Gasteiger partial charge in [-0.2, -0.15) is 20.4 Å². The molecule has 7 aromatic rings. The van der Waals surface area contributed by atoms with Gasteiger partial charge in [0.05, 0.1) is 44.9 Å². The largest absolute Gasteiger partial charge is 0.307 e. The van der Waals surface area contributed by atoms with Gasteiger partial charge >= 0.3 is 0 Å². The first-order chi connectivity index (χ1) is 21.7. The molecule has 0 bridgehead atoms. The second-order valence-electron chi connectivity index (χ2n) is 11.7. The number of aromatic nitrogens is 2. The van der Waals surface area contributed by atoms with Crippen LogP contribution in [0, 0.1) is 0 Å². The third-order valence-corrected chi connectivity index (χ3v) is 8.91. The summed E-state index contributed by atoms with van der Waals surface area (Å²) in [6.07, 6.45) is 1.42. The third-order valence-electron chi connectivity index (χ3n) is 8.91. The van der Waals surface area contributed by atoms with Crippen LogP contribution >= 0.6 is 0 Å². The highest BCUT2D eigenvalue weighted by atomic mass is 15.2. The third kappa shape index (κ3) is 3.61. The van der Waals surface area contributed by atoms with Gasteiger partial charge in [0, 0.05) is 56.9 Å². The smallest absolute Gasteiger partial charge is 0.0766 e. The molecule has 0 fully saturated rings. The Kier molecular flexibility index (Phi) is 5.35. The van der Waals surface area contributed by atoms with E-state index in [1.165, 1.54) is 21.5 Å². The highest BCUT2D eigenvalue weighted by molar-refractivity contribution is 6.23. The van der Waals surface area contributed by atoms with E-state index < -0.39 is 0 Å². The molecule has 2 aliphatic heterocycles. The Balaban J connectivity index is 1.47. The Morgan fingerprint density at radius 2 is 0.750 bits per heavy atom. The molecule has 0 spiro atoms. The maximum Gasteiger partial charge on any atom is 0.0766 e. The molecule has 6 heteroatoms. The molecule has 0 unspecified atom stereocenters. The fraction of sp³-hybridized carbons (Fsp3) is 0.105. The lowest BCUT2D eigenvalue weighted by Crippen LogP contribution is -2.15. The lowest BCUT2D eigenvalue weighted by Gasteiger charge is -2.21. The van der Waals surface area contributed by atoms with Crippen molar-refractivity contribution in [2.75, 3.05) is 0 Å². The minimum Gasteiger partial charge on any atom is -0.307 e. The average molecular weight is 569 g/mol. The van der Waals surface area contributed by atoms with Crippen LogP contribution in [-0.2, 0) is 0 Å². The van der Waals surface area contributed by atoms with E-state index in [-0.39, 0.29) is 0 Å². The second-order valence-corrected chi connectivity index (χ2v) is 11.7. The molecular formula is C38H28N6. The first kappa shape index (κ1) is 24.9. The van der Waals surface area contributed by atoms with Crippen LogP contribution in [0.15, 0.2) is 130 Å². The maximum atomic E-state index is 4.67. The van der Waals surface area contributed by atoms with Crippen LogP contribution in [0.5, 0.6) is 0 Å². The molecule has 2 aliphatic rings. The summed E-state index contributed by atoms with van der Waals surface area (Å²) in [4.78, 5) is 0. The summed E-state index contributed by atoms with van der Waals surface area (Å²) < 4.78 is 4.83. The minimum atomic E-state index is 0.710. The van der Waals surface area contributed by atoms with E-state index in [1.807, 2.05) is 13.8 Å². The van der Waals surface area contributed by atoms with Crippen LogP contribution in [0.2, 0.25) is 0 Å². The minimum absolute atomic E-state index is 0.710. The molecule has 44 heavy (non-hydrogen) atoms. The first-order valence-corrected chi connectivity index (χ1v) is 15.0. The van der Waals surface area contributed by atoms with Gasteiger partial charge in [-0.1, -0.05) is 72.8 Å². The van der Waals surface area contributed by atoms with Gasteiger partial charge in [-0.15, -0.1) is 0 Å². The zero-order valence-electron chi connectivity index (χ0n) is 24.5. The van der Waals surface area contributed by atoms with Crippen LogP contribution in [0.1, 0.15) is 37.8 Å². The van der Waals surface area contributed by atoms with Gasteiger partial charge in [0.2, 0.25) is 0 Å². The van der Waals surface area contributed by atoms with Crippen molar-refractivity contribution in [3.8, 4) is 11.4 Å². The van der Waals surface area contributed by atoms with Gasteiger partial charge in [-0.25, -0.2) is 0 Å². The zero-order chi connectivity index (χ0) is 29.4. The van der Waals surface area contributed by atoms with Crippen molar-refractivity contribution in [1.29, 1.82) is 0 Å². The van der Waals surface area contributed by atoms with Crippen molar-refractivity contribution in [1.82, 2.24) is 9.13 Å². The molecule has 0 amide bonds. The van der Waals surface area contributed by atoms with Crippen molar-refractivity contribution < 1.29 is 0 Å². The van der Waals surface area contributed by atoms with Crippen LogP contribution < -0.4 is 0 Å². The molecule has 0 atom stereocenters. The predicted octanol–water partition coefficient (Wildman–Crippen LogP) is 9.02. The molecule has 0 saturated heterocycles. The molecule has 4 heterocycles. The summed E-state index contributed by atoms with van der Waals surface area (Å²) in [6.45, 7) is 4.08. The van der Waals surface area contributed by atoms with Gasteiger partial charge in [0.1, 0.15) is 0 Å². The number of hydrogen-bond acceptors (Lipinski definition) is 4. The Morgan fingerprint density at radius 3 is 1.05 bits per heavy atom. The monoisotopic (exact) mass is 568 g/mol. The summed E-state index contributed by atoms with van der Waals surface area (Å²) >= 11 is 0. The standard InChI is InChI=1S/C38H28N6/c1-23-19-31(41-39-23)29-21-37(43-33-15-7-3-11-25(33)26-12-4-8-16-34(26)43)38(22-30(29)32-20-24(2)40-42-32)44-35-17-9-5-13-27(35)28-14-6-10-18-36(28)44/h3-18,21-22H,19-20H2,1-2H3. The Morgan fingerprint density at radius 1 is 0.432 bits per heavy atom. The molecule has 2 aromatic heterocycles. The van der Waals surface area contributed by atoms with Gasteiger partial charge in [-0.05, 0) is 50.2 Å². The Labute approximate surface area is 254 Å². The van der Waals surface area contributed by atoms with Crippen LogP contribution in [-0.4, -0.2) is 32.0 Å². The van der Waals surface area contributed by atoms with E-state index in [4.69, 9.17) is 0 Å². The molecule has 0 saturated carbocycles. The van der Waals surface area contributed by atoms with Gasteiger partial charge in [0.15, 0.2) is 0 Å². The Hall–Kier alpha value is -5.62. The number of hydrogen-bond donors (Lipinski definition) is 0. The normalized spacial score (nSPS) is 15.0. The molecule has 0 N–H and O–H groups in total. The number of fused-ring (bicyclic) bond motifs is 6. The van der Waals surface area contributed by atoms with Gasteiger partial charge in [0.25, 0.3) is 0 Å². The summed E-state index contributed by atoms with van der Waals surface area (Å²) in [5.74, 6) is 0.